The number of carbonyl (C=O) groups excluding carboxylic acids is 1. The van der Waals surface area contributed by atoms with Crippen LogP contribution in [0.2, 0.25) is 0 Å². The second-order valence-corrected chi connectivity index (χ2v) is 2.98. The van der Waals surface area contributed by atoms with Crippen LogP contribution in [0.4, 0.5) is 0 Å². The van der Waals surface area contributed by atoms with Crippen LogP contribution in [-0.2, 0) is 7.05 Å². The average Bonchev–Trinajstić information content (AvgIpc) is 2.55. The summed E-state index contributed by atoms with van der Waals surface area (Å²) in [6, 6.07) is 7.15. The second-order valence-electron chi connectivity index (χ2n) is 2.98. The predicted molar refractivity (Wildman–Crippen MR) is 50.8 cm³/mol. The van der Waals surface area contributed by atoms with E-state index in [0.29, 0.717) is 11.3 Å². The highest BCUT2D eigenvalue weighted by molar-refractivity contribution is 5.89. The molecule has 0 amide bonds. The number of aldehydes is 1. The third-order valence-corrected chi connectivity index (χ3v) is 2.12. The highest BCUT2D eigenvalue weighted by Crippen LogP contribution is 2.17. The van der Waals surface area contributed by atoms with Crippen molar-refractivity contribution in [1.29, 1.82) is 5.26 Å². The van der Waals surface area contributed by atoms with Crippen molar-refractivity contribution in [2.75, 3.05) is 0 Å². The van der Waals surface area contributed by atoms with Gasteiger partial charge >= 0.3 is 0 Å². The number of hydrogen-bond donors (Lipinski definition) is 0. The van der Waals surface area contributed by atoms with E-state index in [-0.39, 0.29) is 0 Å². The monoisotopic (exact) mass is 185 g/mol. The Bertz CT molecular complexity index is 548. The molecule has 0 fully saturated rings. The molecular formula is C10H7N3O. The first-order valence-corrected chi connectivity index (χ1v) is 4.08. The normalized spacial score (nSPS) is 10.0. The van der Waals surface area contributed by atoms with Crippen LogP contribution in [-0.4, -0.2) is 16.1 Å². The Kier molecular flexibility index (Phi) is 1.79. The average molecular weight is 185 g/mol. The van der Waals surface area contributed by atoms with Crippen LogP contribution >= 0.6 is 0 Å². The Labute approximate surface area is 80.4 Å². The van der Waals surface area contributed by atoms with Gasteiger partial charge in [0.25, 0.3) is 0 Å². The molecule has 14 heavy (non-hydrogen) atoms. The van der Waals surface area contributed by atoms with E-state index in [1.54, 1.807) is 29.9 Å². The van der Waals surface area contributed by atoms with Crippen LogP contribution in [0.1, 0.15) is 16.1 Å². The van der Waals surface area contributed by atoms with Crippen LogP contribution in [0, 0.1) is 11.3 Å². The van der Waals surface area contributed by atoms with Crippen LogP contribution in [0.15, 0.2) is 18.2 Å². The van der Waals surface area contributed by atoms with Gasteiger partial charge in [-0.05, 0) is 12.1 Å². The summed E-state index contributed by atoms with van der Waals surface area (Å²) in [5.41, 5.74) is 1.77. The lowest BCUT2D eigenvalue weighted by molar-refractivity contribution is 0.112. The highest BCUT2D eigenvalue weighted by atomic mass is 16.1. The molecule has 0 aliphatic rings. The van der Waals surface area contributed by atoms with Crippen LogP contribution in [0.25, 0.3) is 10.9 Å². The summed E-state index contributed by atoms with van der Waals surface area (Å²) in [6.45, 7) is 0. The number of aryl methyl sites for hydroxylation is 1. The summed E-state index contributed by atoms with van der Waals surface area (Å²) >= 11 is 0. The summed E-state index contributed by atoms with van der Waals surface area (Å²) in [4.78, 5) is 10.5. The lowest BCUT2D eigenvalue weighted by atomic mass is 10.1. The molecule has 0 bridgehead atoms. The van der Waals surface area contributed by atoms with Crippen LogP contribution in [0.5, 0.6) is 0 Å². The van der Waals surface area contributed by atoms with Crippen molar-refractivity contribution >= 4 is 17.2 Å². The van der Waals surface area contributed by atoms with Gasteiger partial charge < -0.3 is 0 Å². The number of nitrogens with zero attached hydrogens (tertiary/aromatic N) is 3. The number of benzene rings is 1. The zero-order valence-corrected chi connectivity index (χ0v) is 7.56. The van der Waals surface area contributed by atoms with E-state index in [1.807, 2.05) is 6.07 Å². The molecule has 0 radical (unpaired) electrons. The van der Waals surface area contributed by atoms with Gasteiger partial charge in [0.2, 0.25) is 0 Å². The maximum atomic E-state index is 10.5. The van der Waals surface area contributed by atoms with Gasteiger partial charge in [0.05, 0.1) is 5.52 Å². The summed E-state index contributed by atoms with van der Waals surface area (Å²) in [6.07, 6.45) is 0.776. The van der Waals surface area contributed by atoms with E-state index >= 15 is 0 Å². The quantitative estimate of drug-likeness (QED) is 0.628. The van der Waals surface area contributed by atoms with Crippen molar-refractivity contribution in [3.05, 3.63) is 29.5 Å². The minimum absolute atomic E-state index is 0.389. The third kappa shape index (κ3) is 1.07. The lowest BCUT2D eigenvalue weighted by Gasteiger charge is -1.93. The van der Waals surface area contributed by atoms with Crippen molar-refractivity contribution in [1.82, 2.24) is 9.78 Å². The Hall–Kier alpha value is -2.15. The summed E-state index contributed by atoms with van der Waals surface area (Å²) in [5, 5.41) is 13.6. The summed E-state index contributed by atoms with van der Waals surface area (Å²) in [5.74, 6) is 0. The van der Waals surface area contributed by atoms with Crippen molar-refractivity contribution in [3.8, 4) is 6.07 Å². The van der Waals surface area contributed by atoms with Gasteiger partial charge in [0.1, 0.15) is 12.4 Å². The molecule has 4 nitrogen and oxygen atoms in total. The summed E-state index contributed by atoms with van der Waals surface area (Å²) in [7, 11) is 1.75. The van der Waals surface area contributed by atoms with Crippen molar-refractivity contribution in [2.24, 2.45) is 7.05 Å². The van der Waals surface area contributed by atoms with Gasteiger partial charge in [-0.15, -0.1) is 0 Å². The number of hydrogen-bond acceptors (Lipinski definition) is 3. The number of aromatic nitrogens is 2. The molecule has 0 N–H and O–H groups in total. The minimum atomic E-state index is 0.389. The Morgan fingerprint density at radius 3 is 3.00 bits per heavy atom. The number of carbonyl (C=O) groups is 1. The first-order chi connectivity index (χ1) is 6.76. The Balaban J connectivity index is 2.84. The molecule has 4 heteroatoms. The van der Waals surface area contributed by atoms with Crippen LogP contribution < -0.4 is 0 Å². The molecule has 1 aromatic carbocycles. The molecule has 0 saturated carbocycles. The third-order valence-electron chi connectivity index (χ3n) is 2.12. The van der Waals surface area contributed by atoms with E-state index in [2.05, 4.69) is 5.10 Å². The van der Waals surface area contributed by atoms with E-state index in [4.69, 9.17) is 5.26 Å². The predicted octanol–water partition coefficient (Wildman–Crippen LogP) is 1.26. The van der Waals surface area contributed by atoms with E-state index in [9.17, 15) is 4.79 Å². The molecule has 2 aromatic rings. The fourth-order valence-corrected chi connectivity index (χ4v) is 1.43. The molecule has 0 saturated heterocycles. The van der Waals surface area contributed by atoms with E-state index < -0.39 is 0 Å². The smallest absolute Gasteiger partial charge is 0.170 e. The fraction of sp³-hybridized carbons (Fsp3) is 0.100. The van der Waals surface area contributed by atoms with Crippen molar-refractivity contribution < 1.29 is 4.79 Å². The highest BCUT2D eigenvalue weighted by Gasteiger charge is 2.07. The second kappa shape index (κ2) is 2.96. The molecule has 68 valence electrons. The van der Waals surface area contributed by atoms with Gasteiger partial charge in [0, 0.05) is 18.0 Å². The zero-order valence-electron chi connectivity index (χ0n) is 7.56. The van der Waals surface area contributed by atoms with E-state index in [1.165, 1.54) is 0 Å². The molecule has 0 atom stereocenters. The minimum Gasteiger partial charge on any atom is -0.298 e. The topological polar surface area (TPSA) is 58.7 Å². The number of rotatable bonds is 1. The Morgan fingerprint density at radius 1 is 1.57 bits per heavy atom. The largest absolute Gasteiger partial charge is 0.298 e. The first kappa shape index (κ1) is 8.45. The number of fused-ring (bicyclic) bond motifs is 1. The van der Waals surface area contributed by atoms with Gasteiger partial charge in [-0.1, -0.05) is 6.07 Å². The molecule has 0 spiro atoms. The van der Waals surface area contributed by atoms with Crippen molar-refractivity contribution in [3.63, 3.8) is 0 Å². The van der Waals surface area contributed by atoms with Gasteiger partial charge in [-0.3, -0.25) is 9.48 Å². The van der Waals surface area contributed by atoms with Crippen molar-refractivity contribution in [2.45, 2.75) is 0 Å². The van der Waals surface area contributed by atoms with Gasteiger partial charge in [-0.25, -0.2) is 0 Å². The molecule has 0 aliphatic heterocycles. The molecule has 0 unspecified atom stereocenters. The zero-order chi connectivity index (χ0) is 10.1. The molecule has 1 heterocycles. The molecule has 0 aliphatic carbocycles. The number of nitriles is 1. The molecule has 1 aromatic heterocycles. The Morgan fingerprint density at radius 2 is 2.36 bits per heavy atom. The fourth-order valence-electron chi connectivity index (χ4n) is 1.43. The lowest BCUT2D eigenvalue weighted by Crippen LogP contribution is -1.90. The van der Waals surface area contributed by atoms with E-state index in [0.717, 1.165) is 17.2 Å². The molecular weight excluding hydrogens is 178 g/mol. The first-order valence-electron chi connectivity index (χ1n) is 4.08. The summed E-state index contributed by atoms with van der Waals surface area (Å²) < 4.78 is 1.60. The standard InChI is InChI=1S/C10H7N3O/c1-13-10-4-7(6-14)2-3-8(10)9(5-11)12-13/h2-4,6H,1H3. The van der Waals surface area contributed by atoms with Crippen LogP contribution in [0.3, 0.4) is 0 Å². The SMILES string of the molecule is Cn1nc(C#N)c2ccc(C=O)cc21. The van der Waals surface area contributed by atoms with Gasteiger partial charge in [-0.2, -0.15) is 10.4 Å². The maximum absolute atomic E-state index is 10.5. The molecule has 2 rings (SSSR count). The maximum Gasteiger partial charge on any atom is 0.170 e. The van der Waals surface area contributed by atoms with Gasteiger partial charge in [0.15, 0.2) is 5.69 Å².